The van der Waals surface area contributed by atoms with E-state index in [4.69, 9.17) is 9.47 Å². The molecule has 0 saturated heterocycles. The molecule has 2 aromatic rings. The van der Waals surface area contributed by atoms with Gasteiger partial charge in [-0.1, -0.05) is 54.9 Å². The average Bonchev–Trinajstić information content (AvgIpc) is 3.50. The number of ether oxygens (including phenoxy) is 2. The SMILES string of the molecule is CO[C@H](c1cc(COc2cccc([C@@H](CP(C)(=O)O)C3CC3)c2)ccc1Br)C(C)(C)C. The number of halogens is 1. The smallest absolute Gasteiger partial charge is 0.198 e. The topological polar surface area (TPSA) is 55.8 Å². The first-order chi connectivity index (χ1) is 14.5. The Morgan fingerprint density at radius 3 is 2.48 bits per heavy atom. The van der Waals surface area contributed by atoms with Crippen molar-refractivity contribution >= 4 is 23.3 Å². The molecule has 3 atom stereocenters. The largest absolute Gasteiger partial charge is 0.489 e. The Morgan fingerprint density at radius 2 is 1.90 bits per heavy atom. The van der Waals surface area contributed by atoms with E-state index in [1.54, 1.807) is 7.11 Å². The van der Waals surface area contributed by atoms with Gasteiger partial charge in [0, 0.05) is 24.4 Å². The highest BCUT2D eigenvalue weighted by Crippen LogP contribution is 2.50. The fraction of sp³-hybridized carbons (Fsp3) is 0.520. The Hall–Kier alpha value is -1.13. The van der Waals surface area contributed by atoms with Crippen LogP contribution in [0.1, 0.15) is 62.3 Å². The molecule has 1 N–H and O–H groups in total. The van der Waals surface area contributed by atoms with Crippen molar-refractivity contribution in [2.75, 3.05) is 19.9 Å². The first-order valence-corrected chi connectivity index (χ1v) is 13.9. The van der Waals surface area contributed by atoms with Crippen LogP contribution in [0.5, 0.6) is 5.75 Å². The van der Waals surface area contributed by atoms with Crippen molar-refractivity contribution in [3.05, 3.63) is 63.6 Å². The van der Waals surface area contributed by atoms with E-state index in [-0.39, 0.29) is 17.4 Å². The predicted octanol–water partition coefficient (Wildman–Crippen LogP) is 7.16. The van der Waals surface area contributed by atoms with Gasteiger partial charge in [0.05, 0.1) is 6.10 Å². The van der Waals surface area contributed by atoms with Crippen molar-refractivity contribution in [2.45, 2.75) is 52.2 Å². The van der Waals surface area contributed by atoms with E-state index in [0.29, 0.717) is 18.7 Å². The minimum absolute atomic E-state index is 0.0334. The molecule has 1 fully saturated rings. The lowest BCUT2D eigenvalue weighted by Gasteiger charge is -2.30. The molecular formula is C25H34BrO4P. The van der Waals surface area contributed by atoms with Crippen LogP contribution in [0.4, 0.5) is 0 Å². The van der Waals surface area contributed by atoms with Gasteiger partial charge in [-0.05, 0) is 71.0 Å². The summed E-state index contributed by atoms with van der Waals surface area (Å²) in [5.74, 6) is 1.42. The maximum Gasteiger partial charge on any atom is 0.198 e. The fourth-order valence-corrected chi connectivity index (χ4v) is 5.92. The van der Waals surface area contributed by atoms with E-state index in [2.05, 4.69) is 54.9 Å². The van der Waals surface area contributed by atoms with E-state index in [1.807, 2.05) is 24.3 Å². The summed E-state index contributed by atoms with van der Waals surface area (Å²) in [4.78, 5) is 9.93. The third-order valence-corrected chi connectivity index (χ3v) is 7.58. The fourth-order valence-electron chi connectivity index (χ4n) is 4.22. The molecule has 0 spiro atoms. The molecule has 1 aliphatic carbocycles. The van der Waals surface area contributed by atoms with Gasteiger partial charge in [0.25, 0.3) is 0 Å². The molecular weight excluding hydrogens is 475 g/mol. The maximum absolute atomic E-state index is 12.0. The van der Waals surface area contributed by atoms with Gasteiger partial charge >= 0.3 is 0 Å². The van der Waals surface area contributed by atoms with Crippen LogP contribution < -0.4 is 4.74 Å². The van der Waals surface area contributed by atoms with Gasteiger partial charge in [-0.25, -0.2) is 0 Å². The Kier molecular flexibility index (Phi) is 7.74. The minimum Gasteiger partial charge on any atom is -0.489 e. The van der Waals surface area contributed by atoms with Crippen LogP contribution in [0.25, 0.3) is 0 Å². The van der Waals surface area contributed by atoms with Crippen molar-refractivity contribution < 1.29 is 18.9 Å². The molecule has 4 nitrogen and oxygen atoms in total. The van der Waals surface area contributed by atoms with Crippen molar-refractivity contribution in [2.24, 2.45) is 11.3 Å². The lowest BCUT2D eigenvalue weighted by Crippen LogP contribution is -2.20. The number of benzene rings is 2. The summed E-state index contributed by atoms with van der Waals surface area (Å²) in [6, 6.07) is 14.3. The van der Waals surface area contributed by atoms with E-state index in [0.717, 1.165) is 39.8 Å². The molecule has 0 aromatic heterocycles. The number of rotatable bonds is 9. The molecule has 0 bridgehead atoms. The first-order valence-electron chi connectivity index (χ1n) is 10.8. The van der Waals surface area contributed by atoms with Crippen molar-refractivity contribution in [3.8, 4) is 5.75 Å². The summed E-state index contributed by atoms with van der Waals surface area (Å²) in [7, 11) is -1.33. The van der Waals surface area contributed by atoms with Gasteiger partial charge in [-0.3, -0.25) is 4.57 Å². The van der Waals surface area contributed by atoms with Gasteiger partial charge in [-0.15, -0.1) is 0 Å². The maximum atomic E-state index is 12.0. The molecule has 0 heterocycles. The zero-order chi connectivity index (χ0) is 22.8. The van der Waals surface area contributed by atoms with Crippen LogP contribution >= 0.6 is 23.3 Å². The zero-order valence-electron chi connectivity index (χ0n) is 19.1. The Bertz CT molecular complexity index is 943. The molecule has 2 aromatic carbocycles. The molecule has 1 saturated carbocycles. The number of methoxy groups -OCH3 is 1. The van der Waals surface area contributed by atoms with Gasteiger partial charge in [0.15, 0.2) is 7.37 Å². The highest BCUT2D eigenvalue weighted by Gasteiger charge is 2.35. The third-order valence-electron chi connectivity index (χ3n) is 5.78. The van der Waals surface area contributed by atoms with Gasteiger partial charge in [0.1, 0.15) is 12.4 Å². The van der Waals surface area contributed by atoms with Crippen molar-refractivity contribution in [3.63, 3.8) is 0 Å². The quantitative estimate of drug-likeness (QED) is 0.365. The second-order valence-corrected chi connectivity index (χ2v) is 13.2. The zero-order valence-corrected chi connectivity index (χ0v) is 21.6. The van der Waals surface area contributed by atoms with Crippen molar-refractivity contribution in [1.29, 1.82) is 0 Å². The molecule has 1 aliphatic rings. The summed E-state index contributed by atoms with van der Waals surface area (Å²) in [6.45, 7) is 8.41. The lowest BCUT2D eigenvalue weighted by molar-refractivity contribution is 0.0146. The molecule has 6 heteroatoms. The van der Waals surface area contributed by atoms with E-state index in [1.165, 1.54) is 6.66 Å². The highest BCUT2D eigenvalue weighted by molar-refractivity contribution is 9.10. The van der Waals surface area contributed by atoms with Gasteiger partial charge < -0.3 is 14.4 Å². The monoisotopic (exact) mass is 508 g/mol. The highest BCUT2D eigenvalue weighted by atomic mass is 79.9. The second kappa shape index (κ2) is 9.79. The van der Waals surface area contributed by atoms with Crippen LogP contribution in [0.15, 0.2) is 46.9 Å². The molecule has 3 rings (SSSR count). The average molecular weight is 509 g/mol. The summed E-state index contributed by atoms with van der Waals surface area (Å²) < 4.78 is 25.0. The number of hydrogen-bond donors (Lipinski definition) is 1. The van der Waals surface area contributed by atoms with Crippen molar-refractivity contribution in [1.82, 2.24) is 0 Å². The third kappa shape index (κ3) is 6.92. The molecule has 0 radical (unpaired) electrons. The van der Waals surface area contributed by atoms with Crippen LogP contribution in [0.3, 0.4) is 0 Å². The summed E-state index contributed by atoms with van der Waals surface area (Å²) in [6.07, 6.45) is 2.56. The normalized spacial score (nSPS) is 18.3. The molecule has 170 valence electrons. The van der Waals surface area contributed by atoms with E-state index in [9.17, 15) is 9.46 Å². The van der Waals surface area contributed by atoms with Gasteiger partial charge in [0.2, 0.25) is 0 Å². The molecule has 0 aliphatic heterocycles. The Labute approximate surface area is 194 Å². The van der Waals surface area contributed by atoms with Crippen LogP contribution in [0.2, 0.25) is 0 Å². The first kappa shape index (κ1) is 24.5. The molecule has 31 heavy (non-hydrogen) atoms. The van der Waals surface area contributed by atoms with E-state index < -0.39 is 7.37 Å². The molecule has 1 unspecified atom stereocenters. The van der Waals surface area contributed by atoms with E-state index >= 15 is 0 Å². The second-order valence-electron chi connectivity index (χ2n) is 9.88. The van der Waals surface area contributed by atoms with Crippen LogP contribution in [-0.4, -0.2) is 24.8 Å². The predicted molar refractivity (Wildman–Crippen MR) is 130 cm³/mol. The Balaban J connectivity index is 1.75. The summed E-state index contributed by atoms with van der Waals surface area (Å²) in [5, 5.41) is 0. The minimum atomic E-state index is -3.07. The number of hydrogen-bond acceptors (Lipinski definition) is 3. The summed E-state index contributed by atoms with van der Waals surface area (Å²) in [5.41, 5.74) is 3.25. The standard InChI is InChI=1S/C25H34BrO4P/c1-25(2,3)24(29-4)21-13-17(9-12-23(21)26)15-30-20-8-6-7-19(14-20)22(18-10-11-18)16-31(5,27)28/h6-9,12-14,18,22,24H,10-11,15-16H2,1-5H3,(H,27,28)/t22-,24+/m0/s1. The summed E-state index contributed by atoms with van der Waals surface area (Å²) >= 11 is 3.66. The Morgan fingerprint density at radius 1 is 1.19 bits per heavy atom. The van der Waals surface area contributed by atoms with Crippen LogP contribution in [0, 0.1) is 11.3 Å². The van der Waals surface area contributed by atoms with Crippen LogP contribution in [-0.2, 0) is 15.9 Å². The molecule has 0 amide bonds. The lowest BCUT2D eigenvalue weighted by atomic mass is 9.84. The van der Waals surface area contributed by atoms with Gasteiger partial charge in [-0.2, -0.15) is 0 Å².